The van der Waals surface area contributed by atoms with Gasteiger partial charge in [-0.15, -0.1) is 11.3 Å². The maximum atomic E-state index is 12.4. The highest BCUT2D eigenvalue weighted by molar-refractivity contribution is 7.17. The summed E-state index contributed by atoms with van der Waals surface area (Å²) in [6.07, 6.45) is 3.93. The first-order valence-corrected chi connectivity index (χ1v) is 10.4. The molecule has 2 aromatic rings. The Bertz CT molecular complexity index is 828. The number of carbonyl (C=O) groups excluding carboxylic acids is 2. The van der Waals surface area contributed by atoms with Crippen molar-refractivity contribution in [3.05, 3.63) is 40.3 Å². The highest BCUT2D eigenvalue weighted by atomic mass is 32.1. The minimum Gasteiger partial charge on any atom is -0.494 e. The third-order valence-electron chi connectivity index (χ3n) is 4.41. The highest BCUT2D eigenvalue weighted by Gasteiger charge is 2.27. The smallest absolute Gasteiger partial charge is 0.341 e. The number of benzene rings is 1. The second-order valence-corrected chi connectivity index (χ2v) is 7.48. The average molecular weight is 404 g/mol. The van der Waals surface area contributed by atoms with Crippen LogP contribution in [0.5, 0.6) is 11.5 Å². The molecule has 1 N–H and O–H groups in total. The third kappa shape index (κ3) is 4.84. The molecule has 1 aliphatic carbocycles. The summed E-state index contributed by atoms with van der Waals surface area (Å²) in [4.78, 5) is 26.0. The van der Waals surface area contributed by atoms with Gasteiger partial charge in [0, 0.05) is 4.88 Å². The molecule has 1 aromatic heterocycles. The first-order valence-electron chi connectivity index (χ1n) is 9.59. The number of fused-ring (bicyclic) bond motifs is 1. The van der Waals surface area contributed by atoms with Gasteiger partial charge in [0.15, 0.2) is 6.61 Å². The first kappa shape index (κ1) is 20.2. The maximum absolute atomic E-state index is 12.4. The summed E-state index contributed by atoms with van der Waals surface area (Å²) >= 11 is 1.47. The molecule has 1 aliphatic rings. The molecule has 6 nitrogen and oxygen atoms in total. The van der Waals surface area contributed by atoms with Crippen LogP contribution in [0.15, 0.2) is 24.3 Å². The molecule has 0 atom stereocenters. The standard InChI is InChI=1S/C21H25NO5S/c1-3-25-14-9-11-15(12-10-14)27-13-18(23)22-20-19(21(24)26-4-2)16-7-5-6-8-17(16)28-20/h9-12H,3-8,13H2,1-2H3,(H,22,23). The van der Waals surface area contributed by atoms with Gasteiger partial charge in [-0.25, -0.2) is 4.79 Å². The Balaban J connectivity index is 1.66. The molecule has 3 rings (SSSR count). The second-order valence-electron chi connectivity index (χ2n) is 6.38. The fourth-order valence-electron chi connectivity index (χ4n) is 3.18. The SMILES string of the molecule is CCOC(=O)c1c(NC(=O)COc2ccc(OCC)cc2)sc2c1CCCC2. The fraction of sp³-hybridized carbons (Fsp3) is 0.429. The zero-order chi connectivity index (χ0) is 19.9. The molecule has 0 radical (unpaired) electrons. The van der Waals surface area contributed by atoms with E-state index in [1.165, 1.54) is 11.3 Å². The quantitative estimate of drug-likeness (QED) is 0.668. The van der Waals surface area contributed by atoms with Crippen LogP contribution in [0.4, 0.5) is 5.00 Å². The van der Waals surface area contributed by atoms with Gasteiger partial charge in [0.2, 0.25) is 0 Å². The number of thiophene rings is 1. The van der Waals surface area contributed by atoms with Gasteiger partial charge in [0.25, 0.3) is 5.91 Å². The number of esters is 1. The molecular formula is C21H25NO5S. The van der Waals surface area contributed by atoms with Crippen molar-refractivity contribution in [3.8, 4) is 11.5 Å². The van der Waals surface area contributed by atoms with Crippen LogP contribution in [0.2, 0.25) is 0 Å². The van der Waals surface area contributed by atoms with Gasteiger partial charge < -0.3 is 19.5 Å². The molecule has 1 aromatic carbocycles. The predicted molar refractivity (Wildman–Crippen MR) is 109 cm³/mol. The molecule has 7 heteroatoms. The Morgan fingerprint density at radius 2 is 1.68 bits per heavy atom. The van der Waals surface area contributed by atoms with Gasteiger partial charge in [-0.3, -0.25) is 4.79 Å². The zero-order valence-corrected chi connectivity index (χ0v) is 17.0. The van der Waals surface area contributed by atoms with Crippen LogP contribution in [-0.4, -0.2) is 31.7 Å². The van der Waals surface area contributed by atoms with Crippen molar-refractivity contribution < 1.29 is 23.8 Å². The lowest BCUT2D eigenvalue weighted by Crippen LogP contribution is -2.21. The molecule has 0 bridgehead atoms. The summed E-state index contributed by atoms with van der Waals surface area (Å²) in [6, 6.07) is 7.10. The predicted octanol–water partition coefficient (Wildman–Crippen LogP) is 4.22. The van der Waals surface area contributed by atoms with Crippen LogP contribution < -0.4 is 14.8 Å². The average Bonchev–Trinajstić information content (AvgIpc) is 3.05. The Hall–Kier alpha value is -2.54. The molecule has 0 aliphatic heterocycles. The molecule has 150 valence electrons. The van der Waals surface area contributed by atoms with E-state index in [-0.39, 0.29) is 18.5 Å². The number of hydrogen-bond donors (Lipinski definition) is 1. The highest BCUT2D eigenvalue weighted by Crippen LogP contribution is 2.38. The fourth-order valence-corrected chi connectivity index (χ4v) is 4.48. The molecule has 1 amide bonds. The van der Waals surface area contributed by atoms with Crippen molar-refractivity contribution >= 4 is 28.2 Å². The summed E-state index contributed by atoms with van der Waals surface area (Å²) in [5, 5.41) is 3.40. The van der Waals surface area contributed by atoms with Gasteiger partial charge in [0.05, 0.1) is 18.8 Å². The number of aryl methyl sites for hydroxylation is 1. The molecule has 1 heterocycles. The van der Waals surface area contributed by atoms with E-state index in [0.717, 1.165) is 41.9 Å². The number of amides is 1. The van der Waals surface area contributed by atoms with E-state index >= 15 is 0 Å². The molecule has 0 fully saturated rings. The van der Waals surface area contributed by atoms with E-state index in [9.17, 15) is 9.59 Å². The number of anilines is 1. The number of nitrogens with one attached hydrogen (secondary N) is 1. The van der Waals surface area contributed by atoms with Crippen LogP contribution in [0.25, 0.3) is 0 Å². The lowest BCUT2D eigenvalue weighted by molar-refractivity contribution is -0.118. The van der Waals surface area contributed by atoms with Crippen LogP contribution in [0, 0.1) is 0 Å². The third-order valence-corrected chi connectivity index (χ3v) is 5.62. The van der Waals surface area contributed by atoms with E-state index in [1.54, 1.807) is 31.2 Å². The van der Waals surface area contributed by atoms with Gasteiger partial charge in [-0.05, 0) is 69.4 Å². The van der Waals surface area contributed by atoms with E-state index in [2.05, 4.69) is 5.32 Å². The number of hydrogen-bond acceptors (Lipinski definition) is 6. The van der Waals surface area contributed by atoms with Crippen molar-refractivity contribution in [2.24, 2.45) is 0 Å². The molecule has 0 unspecified atom stereocenters. The lowest BCUT2D eigenvalue weighted by Gasteiger charge is -2.12. The van der Waals surface area contributed by atoms with Crippen LogP contribution >= 0.6 is 11.3 Å². The summed E-state index contributed by atoms with van der Waals surface area (Å²) in [5.74, 6) is 0.653. The number of ether oxygens (including phenoxy) is 3. The van der Waals surface area contributed by atoms with Crippen molar-refractivity contribution in [2.75, 3.05) is 25.1 Å². The largest absolute Gasteiger partial charge is 0.494 e. The van der Waals surface area contributed by atoms with Crippen molar-refractivity contribution in [2.45, 2.75) is 39.5 Å². The Morgan fingerprint density at radius 1 is 1.00 bits per heavy atom. The Morgan fingerprint density at radius 3 is 2.36 bits per heavy atom. The lowest BCUT2D eigenvalue weighted by atomic mass is 9.95. The van der Waals surface area contributed by atoms with Crippen LogP contribution in [0.1, 0.15) is 47.5 Å². The second kappa shape index (κ2) is 9.59. The summed E-state index contributed by atoms with van der Waals surface area (Å²) in [6.45, 7) is 4.45. The number of rotatable bonds is 8. The molecule has 0 saturated carbocycles. The van der Waals surface area contributed by atoms with E-state index < -0.39 is 0 Å². The first-order chi connectivity index (χ1) is 13.6. The van der Waals surface area contributed by atoms with Crippen LogP contribution in [0.3, 0.4) is 0 Å². The summed E-state index contributed by atoms with van der Waals surface area (Å²) in [7, 11) is 0. The summed E-state index contributed by atoms with van der Waals surface area (Å²) in [5.41, 5.74) is 1.54. The Kier molecular flexibility index (Phi) is 6.92. The van der Waals surface area contributed by atoms with Gasteiger partial charge in [-0.2, -0.15) is 0 Å². The Labute approximate surface area is 168 Å². The van der Waals surface area contributed by atoms with Gasteiger partial charge >= 0.3 is 5.97 Å². The number of carbonyl (C=O) groups is 2. The molecule has 0 spiro atoms. The van der Waals surface area contributed by atoms with E-state index in [4.69, 9.17) is 14.2 Å². The van der Waals surface area contributed by atoms with Crippen molar-refractivity contribution in [1.82, 2.24) is 0 Å². The maximum Gasteiger partial charge on any atom is 0.341 e. The summed E-state index contributed by atoms with van der Waals surface area (Å²) < 4.78 is 16.1. The molecular weight excluding hydrogens is 378 g/mol. The normalized spacial score (nSPS) is 12.8. The minimum absolute atomic E-state index is 0.140. The van der Waals surface area contributed by atoms with Crippen molar-refractivity contribution in [1.29, 1.82) is 0 Å². The van der Waals surface area contributed by atoms with E-state index in [1.807, 2.05) is 6.92 Å². The minimum atomic E-state index is -0.371. The van der Waals surface area contributed by atoms with Gasteiger partial charge in [-0.1, -0.05) is 0 Å². The van der Waals surface area contributed by atoms with E-state index in [0.29, 0.717) is 29.5 Å². The molecule has 28 heavy (non-hydrogen) atoms. The van der Waals surface area contributed by atoms with Crippen LogP contribution in [-0.2, 0) is 22.4 Å². The topological polar surface area (TPSA) is 73.9 Å². The molecule has 0 saturated heterocycles. The van der Waals surface area contributed by atoms with Crippen molar-refractivity contribution in [3.63, 3.8) is 0 Å². The monoisotopic (exact) mass is 403 g/mol. The van der Waals surface area contributed by atoms with Gasteiger partial charge in [0.1, 0.15) is 16.5 Å². The zero-order valence-electron chi connectivity index (χ0n) is 16.2.